The Balaban J connectivity index is 2.48. The zero-order valence-corrected chi connectivity index (χ0v) is 18.2. The Labute approximate surface area is 176 Å². The van der Waals surface area contributed by atoms with Crippen molar-refractivity contribution in [2.75, 3.05) is 12.0 Å². The number of anilines is 1. The summed E-state index contributed by atoms with van der Waals surface area (Å²) in [5.41, 5.74) is 0.555. The van der Waals surface area contributed by atoms with Gasteiger partial charge in [0.15, 0.2) is 0 Å². The normalized spacial score (nSPS) is 19.4. The van der Waals surface area contributed by atoms with E-state index in [4.69, 9.17) is 9.47 Å². The van der Waals surface area contributed by atoms with E-state index in [0.29, 0.717) is 18.5 Å². The number of hydrogen-bond donors (Lipinski definition) is 2. The van der Waals surface area contributed by atoms with Crippen molar-refractivity contribution in [1.29, 1.82) is 0 Å². The number of aromatic nitrogens is 1. The van der Waals surface area contributed by atoms with Crippen LogP contribution in [0.15, 0.2) is 6.07 Å². The molecule has 0 radical (unpaired) electrons. The molecular formula is C22H30N2O6. The van der Waals surface area contributed by atoms with Gasteiger partial charge in [-0.3, -0.25) is 14.5 Å². The maximum absolute atomic E-state index is 13.6. The maximum atomic E-state index is 13.6. The first-order chi connectivity index (χ1) is 14.1. The van der Waals surface area contributed by atoms with E-state index in [1.54, 1.807) is 0 Å². The number of nitrogens with one attached hydrogen (secondary N) is 1. The lowest BCUT2D eigenvalue weighted by molar-refractivity contribution is -0.153. The van der Waals surface area contributed by atoms with Crippen LogP contribution in [0.25, 0.3) is 0 Å². The Kier molecular flexibility index (Phi) is 8.07. The molecule has 1 aliphatic carbocycles. The molecule has 1 saturated carbocycles. The molecule has 0 spiro atoms. The van der Waals surface area contributed by atoms with Gasteiger partial charge in [-0.2, -0.15) is 0 Å². The molecule has 1 amide bonds. The molecule has 3 atom stereocenters. The average Bonchev–Trinajstić information content (AvgIpc) is 3.09. The summed E-state index contributed by atoms with van der Waals surface area (Å²) >= 11 is 0. The van der Waals surface area contributed by atoms with Gasteiger partial charge in [0, 0.05) is 13.0 Å². The van der Waals surface area contributed by atoms with Crippen LogP contribution < -0.4 is 4.90 Å². The van der Waals surface area contributed by atoms with E-state index in [1.807, 2.05) is 13.8 Å². The van der Waals surface area contributed by atoms with Crippen LogP contribution in [0, 0.1) is 17.8 Å². The van der Waals surface area contributed by atoms with Crippen molar-refractivity contribution < 1.29 is 29.0 Å². The first kappa shape index (κ1) is 23.5. The van der Waals surface area contributed by atoms with Crippen LogP contribution >= 0.6 is 0 Å². The van der Waals surface area contributed by atoms with Crippen LogP contribution in [0.5, 0.6) is 0 Å². The van der Waals surface area contributed by atoms with Gasteiger partial charge in [0.25, 0.3) is 0 Å². The van der Waals surface area contributed by atoms with Crippen LogP contribution in [0.3, 0.4) is 0 Å². The van der Waals surface area contributed by atoms with Gasteiger partial charge in [-0.1, -0.05) is 12.3 Å². The second-order valence-electron chi connectivity index (χ2n) is 7.72. The number of carbonyl (C=O) groups excluding carboxylic acids is 3. The summed E-state index contributed by atoms with van der Waals surface area (Å²) in [5, 5.41) is 9.42. The van der Waals surface area contributed by atoms with Crippen molar-refractivity contribution >= 4 is 23.7 Å². The third kappa shape index (κ3) is 5.63. The lowest BCUT2D eigenvalue weighted by atomic mass is 9.85. The SMILES string of the molecule is COC(=O)c1cc(C#CC(C)O)[nH]c1N(C(=O)C1CCCCC1OC(C)=O)C(C)C. The summed E-state index contributed by atoms with van der Waals surface area (Å²) in [7, 11) is 1.26. The van der Waals surface area contributed by atoms with Crippen LogP contribution in [0.1, 0.15) is 69.4 Å². The fourth-order valence-corrected chi connectivity index (χ4v) is 3.68. The predicted molar refractivity (Wildman–Crippen MR) is 111 cm³/mol. The molecule has 1 aliphatic rings. The van der Waals surface area contributed by atoms with Gasteiger partial charge < -0.3 is 19.6 Å². The van der Waals surface area contributed by atoms with E-state index < -0.39 is 30.1 Å². The minimum Gasteiger partial charge on any atom is -0.465 e. The van der Waals surface area contributed by atoms with E-state index in [-0.39, 0.29) is 23.3 Å². The van der Waals surface area contributed by atoms with Crippen molar-refractivity contribution in [2.45, 2.75) is 71.6 Å². The number of H-pyrrole nitrogens is 1. The number of amides is 1. The van der Waals surface area contributed by atoms with Crippen LogP contribution in [0.2, 0.25) is 0 Å². The monoisotopic (exact) mass is 418 g/mol. The number of aliphatic hydroxyl groups is 1. The fraction of sp³-hybridized carbons (Fsp3) is 0.591. The molecule has 3 unspecified atom stereocenters. The van der Waals surface area contributed by atoms with Crippen LogP contribution in [0.4, 0.5) is 5.82 Å². The van der Waals surface area contributed by atoms with E-state index in [2.05, 4.69) is 16.8 Å². The number of aliphatic hydroxyl groups excluding tert-OH is 1. The predicted octanol–water partition coefficient (Wildman–Crippen LogP) is 2.40. The highest BCUT2D eigenvalue weighted by atomic mass is 16.5. The number of hydrogen-bond acceptors (Lipinski definition) is 6. The highest BCUT2D eigenvalue weighted by molar-refractivity contribution is 6.03. The van der Waals surface area contributed by atoms with Gasteiger partial charge in [0.05, 0.1) is 18.7 Å². The first-order valence-electron chi connectivity index (χ1n) is 10.2. The molecule has 0 saturated heterocycles. The van der Waals surface area contributed by atoms with E-state index in [9.17, 15) is 19.5 Å². The zero-order chi connectivity index (χ0) is 22.4. The fourth-order valence-electron chi connectivity index (χ4n) is 3.68. The van der Waals surface area contributed by atoms with E-state index in [0.717, 1.165) is 12.8 Å². The van der Waals surface area contributed by atoms with E-state index in [1.165, 1.54) is 31.9 Å². The molecule has 1 fully saturated rings. The number of ether oxygens (including phenoxy) is 2. The Morgan fingerprint density at radius 1 is 1.23 bits per heavy atom. The Bertz CT molecular complexity index is 846. The number of nitrogens with zero attached hydrogens (tertiary/aromatic N) is 1. The Morgan fingerprint density at radius 2 is 1.90 bits per heavy atom. The topological polar surface area (TPSA) is 109 Å². The molecule has 164 valence electrons. The molecule has 1 heterocycles. The van der Waals surface area contributed by atoms with Gasteiger partial charge in [0.1, 0.15) is 23.6 Å². The largest absolute Gasteiger partial charge is 0.465 e. The van der Waals surface area contributed by atoms with Crippen molar-refractivity contribution in [3.8, 4) is 11.8 Å². The summed E-state index contributed by atoms with van der Waals surface area (Å²) in [6.45, 7) is 6.54. The molecule has 0 aliphatic heterocycles. The van der Waals surface area contributed by atoms with Crippen LogP contribution in [-0.4, -0.2) is 53.3 Å². The highest BCUT2D eigenvalue weighted by Crippen LogP contribution is 2.32. The second-order valence-corrected chi connectivity index (χ2v) is 7.72. The van der Waals surface area contributed by atoms with E-state index >= 15 is 0 Å². The molecule has 2 N–H and O–H groups in total. The number of rotatable bonds is 5. The lowest BCUT2D eigenvalue weighted by Crippen LogP contribution is -2.47. The second kappa shape index (κ2) is 10.3. The Morgan fingerprint density at radius 3 is 2.47 bits per heavy atom. The molecule has 1 aromatic heterocycles. The summed E-state index contributed by atoms with van der Waals surface area (Å²) in [5.74, 6) is 3.91. The van der Waals surface area contributed by atoms with Gasteiger partial charge in [-0.05, 0) is 52.0 Å². The third-order valence-corrected chi connectivity index (χ3v) is 4.95. The number of methoxy groups -OCH3 is 1. The minimum atomic E-state index is -0.840. The number of aromatic amines is 1. The first-order valence-corrected chi connectivity index (χ1v) is 10.2. The average molecular weight is 418 g/mol. The van der Waals surface area contributed by atoms with Gasteiger partial charge >= 0.3 is 11.9 Å². The smallest absolute Gasteiger partial charge is 0.341 e. The Hall–Kier alpha value is -2.79. The number of carbonyl (C=O) groups is 3. The van der Waals surface area contributed by atoms with Gasteiger partial charge in [-0.15, -0.1) is 0 Å². The molecule has 8 heteroatoms. The molecule has 2 rings (SSSR count). The minimum absolute atomic E-state index is 0.175. The third-order valence-electron chi connectivity index (χ3n) is 4.95. The summed E-state index contributed by atoms with van der Waals surface area (Å²) in [6, 6.07) is 1.22. The summed E-state index contributed by atoms with van der Waals surface area (Å²) in [6.07, 6.45) is 1.65. The standard InChI is InChI=1S/C22H30N2O6/c1-13(2)24(21(27)17-8-6-7-9-19(17)30-15(4)26)20-18(22(28)29-5)12-16(23-20)11-10-14(3)25/h12-14,17,19,23,25H,6-9H2,1-5H3. The number of esters is 2. The molecule has 30 heavy (non-hydrogen) atoms. The lowest BCUT2D eigenvalue weighted by Gasteiger charge is -2.35. The highest BCUT2D eigenvalue weighted by Gasteiger charge is 2.38. The van der Waals surface area contributed by atoms with Crippen molar-refractivity contribution in [3.05, 3.63) is 17.3 Å². The molecule has 1 aromatic rings. The maximum Gasteiger partial charge on any atom is 0.341 e. The molecule has 8 nitrogen and oxygen atoms in total. The zero-order valence-electron chi connectivity index (χ0n) is 18.2. The van der Waals surface area contributed by atoms with Crippen molar-refractivity contribution in [1.82, 2.24) is 4.98 Å². The van der Waals surface area contributed by atoms with Gasteiger partial charge in [-0.25, -0.2) is 4.79 Å². The van der Waals surface area contributed by atoms with Crippen molar-refractivity contribution in [3.63, 3.8) is 0 Å². The summed E-state index contributed by atoms with van der Waals surface area (Å²) in [4.78, 5) is 42.0. The molecule has 0 bridgehead atoms. The quantitative estimate of drug-likeness (QED) is 0.561. The van der Waals surface area contributed by atoms with Crippen LogP contribution in [-0.2, 0) is 19.1 Å². The van der Waals surface area contributed by atoms with Crippen molar-refractivity contribution in [2.24, 2.45) is 5.92 Å². The molecule has 0 aromatic carbocycles. The van der Waals surface area contributed by atoms with Gasteiger partial charge in [0.2, 0.25) is 5.91 Å². The summed E-state index contributed by atoms with van der Waals surface area (Å²) < 4.78 is 10.3. The molecular weight excluding hydrogens is 388 g/mol.